The zero-order chi connectivity index (χ0) is 23.2. The molecule has 5 rings (SSSR count). The van der Waals surface area contributed by atoms with Crippen molar-refractivity contribution in [3.8, 4) is 16.8 Å². The summed E-state index contributed by atoms with van der Waals surface area (Å²) in [6, 6.07) is 11.0. The van der Waals surface area contributed by atoms with E-state index in [1.54, 1.807) is 23.9 Å². The van der Waals surface area contributed by atoms with Gasteiger partial charge >= 0.3 is 0 Å². The van der Waals surface area contributed by atoms with Gasteiger partial charge in [0.25, 0.3) is 0 Å². The standard InChI is InChI=1S/C26H27FN4O2/c1-26(2,16-33-3)25-24(19-14-29-30(15-19)8-9-32)22-10-17-12-28-13-18(17)11-23(22)31(25)21-6-4-20(27)5-7-21/h4-7,10-11,13-15,32H,8-9,12,16H2,1-3H3. The van der Waals surface area contributed by atoms with Gasteiger partial charge in [0.15, 0.2) is 0 Å². The van der Waals surface area contributed by atoms with Crippen molar-refractivity contribution >= 4 is 17.1 Å². The Morgan fingerprint density at radius 1 is 1.18 bits per heavy atom. The quantitative estimate of drug-likeness (QED) is 0.455. The monoisotopic (exact) mass is 446 g/mol. The summed E-state index contributed by atoms with van der Waals surface area (Å²) in [5, 5.41) is 14.9. The van der Waals surface area contributed by atoms with Crippen LogP contribution in [0.4, 0.5) is 4.39 Å². The molecule has 0 fully saturated rings. The fourth-order valence-corrected chi connectivity index (χ4v) is 4.83. The van der Waals surface area contributed by atoms with Crippen molar-refractivity contribution < 1.29 is 14.2 Å². The fraction of sp³-hybridized carbons (Fsp3) is 0.308. The Hall–Kier alpha value is -3.29. The first-order valence-corrected chi connectivity index (χ1v) is 11.0. The molecular weight excluding hydrogens is 419 g/mol. The van der Waals surface area contributed by atoms with Crippen LogP contribution in [-0.4, -0.2) is 46.0 Å². The number of hydrogen-bond donors (Lipinski definition) is 1. The molecule has 0 saturated carbocycles. The maximum absolute atomic E-state index is 13.8. The van der Waals surface area contributed by atoms with Gasteiger partial charge in [0.2, 0.25) is 0 Å². The van der Waals surface area contributed by atoms with E-state index in [1.807, 2.05) is 18.6 Å². The molecule has 1 N–H and O–H groups in total. The van der Waals surface area contributed by atoms with Gasteiger partial charge in [-0.05, 0) is 47.5 Å². The lowest BCUT2D eigenvalue weighted by molar-refractivity contribution is 0.144. The SMILES string of the molecule is COCC(C)(C)c1c(-c2cnn(CCO)c2)c2cc3c(cc2n1-c1ccc(F)cc1)C=NC3. The molecule has 1 aliphatic rings. The number of hydrogen-bond acceptors (Lipinski definition) is 4. The molecule has 0 bridgehead atoms. The minimum atomic E-state index is -0.366. The van der Waals surface area contributed by atoms with Crippen molar-refractivity contribution in [3.05, 3.63) is 71.4 Å². The second-order valence-electron chi connectivity index (χ2n) is 9.11. The molecule has 2 aromatic heterocycles. The summed E-state index contributed by atoms with van der Waals surface area (Å²) in [6.45, 7) is 5.92. The van der Waals surface area contributed by atoms with Crippen LogP contribution in [0, 0.1) is 5.82 Å². The van der Waals surface area contributed by atoms with E-state index >= 15 is 0 Å². The number of aromatic nitrogens is 3. The number of benzene rings is 2. The fourth-order valence-electron chi connectivity index (χ4n) is 4.83. The van der Waals surface area contributed by atoms with Crippen LogP contribution >= 0.6 is 0 Å². The summed E-state index contributed by atoms with van der Waals surface area (Å²) >= 11 is 0. The number of ether oxygens (including phenoxy) is 1. The number of aliphatic hydroxyl groups excluding tert-OH is 1. The predicted octanol–water partition coefficient (Wildman–Crippen LogP) is 4.48. The Morgan fingerprint density at radius 3 is 2.70 bits per heavy atom. The molecular formula is C26H27FN4O2. The molecule has 0 spiro atoms. The van der Waals surface area contributed by atoms with E-state index < -0.39 is 0 Å². The first-order chi connectivity index (χ1) is 15.9. The van der Waals surface area contributed by atoms with Crippen LogP contribution in [0.1, 0.15) is 30.7 Å². The zero-order valence-electron chi connectivity index (χ0n) is 19.0. The van der Waals surface area contributed by atoms with Crippen molar-refractivity contribution in [2.75, 3.05) is 20.3 Å². The lowest BCUT2D eigenvalue weighted by Gasteiger charge is -2.28. The van der Waals surface area contributed by atoms with Crippen LogP contribution in [0.5, 0.6) is 0 Å². The largest absolute Gasteiger partial charge is 0.394 e. The molecule has 33 heavy (non-hydrogen) atoms. The third-order valence-corrected chi connectivity index (χ3v) is 6.20. The summed E-state index contributed by atoms with van der Waals surface area (Å²) in [7, 11) is 1.70. The summed E-state index contributed by atoms with van der Waals surface area (Å²) in [5.74, 6) is -0.272. The Bertz CT molecular complexity index is 1350. The molecule has 0 amide bonds. The number of nitrogens with zero attached hydrogens (tertiary/aromatic N) is 4. The minimum Gasteiger partial charge on any atom is -0.394 e. The van der Waals surface area contributed by atoms with Gasteiger partial charge in [0, 0.05) is 52.8 Å². The summed E-state index contributed by atoms with van der Waals surface area (Å²) in [5.41, 5.74) is 6.91. The van der Waals surface area contributed by atoms with Gasteiger partial charge in [0.05, 0.1) is 38.0 Å². The number of halogens is 1. The Kier molecular flexibility index (Phi) is 5.38. The van der Waals surface area contributed by atoms with Gasteiger partial charge in [0.1, 0.15) is 5.82 Å². The van der Waals surface area contributed by atoms with Crippen LogP contribution in [0.2, 0.25) is 0 Å². The van der Waals surface area contributed by atoms with E-state index in [1.165, 1.54) is 17.7 Å². The first-order valence-electron chi connectivity index (χ1n) is 11.0. The zero-order valence-corrected chi connectivity index (χ0v) is 19.0. The third kappa shape index (κ3) is 3.67. The van der Waals surface area contributed by atoms with Gasteiger partial charge in [-0.15, -0.1) is 0 Å². The molecule has 7 heteroatoms. The highest BCUT2D eigenvalue weighted by atomic mass is 19.1. The number of fused-ring (bicyclic) bond motifs is 2. The molecule has 0 saturated heterocycles. The summed E-state index contributed by atoms with van der Waals surface area (Å²) < 4.78 is 23.4. The van der Waals surface area contributed by atoms with Gasteiger partial charge < -0.3 is 14.4 Å². The smallest absolute Gasteiger partial charge is 0.123 e. The van der Waals surface area contributed by atoms with E-state index in [9.17, 15) is 9.50 Å². The highest BCUT2D eigenvalue weighted by Gasteiger charge is 2.33. The molecule has 1 aliphatic heterocycles. The van der Waals surface area contributed by atoms with E-state index in [0.717, 1.165) is 39.0 Å². The van der Waals surface area contributed by atoms with Crippen LogP contribution in [0.15, 0.2) is 53.8 Å². The number of aliphatic hydroxyl groups is 1. The number of rotatable bonds is 7. The number of aliphatic imine (C=N–C) groups is 1. The van der Waals surface area contributed by atoms with Gasteiger partial charge in [-0.3, -0.25) is 9.67 Å². The molecule has 4 aromatic rings. The maximum Gasteiger partial charge on any atom is 0.123 e. The second kappa shape index (κ2) is 8.24. The number of methoxy groups -OCH3 is 1. The molecule has 3 heterocycles. The lowest BCUT2D eigenvalue weighted by Crippen LogP contribution is -2.27. The van der Waals surface area contributed by atoms with Gasteiger partial charge in [-0.1, -0.05) is 13.8 Å². The summed E-state index contributed by atoms with van der Waals surface area (Å²) in [6.07, 6.45) is 5.72. The van der Waals surface area contributed by atoms with Gasteiger partial charge in [-0.2, -0.15) is 5.10 Å². The van der Waals surface area contributed by atoms with E-state index in [0.29, 0.717) is 19.7 Å². The predicted molar refractivity (Wildman–Crippen MR) is 128 cm³/mol. The first kappa shape index (κ1) is 21.6. The highest BCUT2D eigenvalue weighted by Crippen LogP contribution is 2.44. The average molecular weight is 447 g/mol. The van der Waals surface area contributed by atoms with E-state index in [-0.39, 0.29) is 17.8 Å². The maximum atomic E-state index is 13.8. The van der Waals surface area contributed by atoms with Crippen LogP contribution < -0.4 is 0 Å². The van der Waals surface area contributed by atoms with E-state index in [2.05, 4.69) is 40.6 Å². The molecule has 0 radical (unpaired) electrons. The molecule has 170 valence electrons. The van der Waals surface area contributed by atoms with Crippen molar-refractivity contribution in [1.29, 1.82) is 0 Å². The molecule has 0 atom stereocenters. The normalized spacial score (nSPS) is 13.2. The molecule has 6 nitrogen and oxygen atoms in total. The minimum absolute atomic E-state index is 0.0192. The van der Waals surface area contributed by atoms with Crippen LogP contribution in [0.3, 0.4) is 0 Å². The van der Waals surface area contributed by atoms with Crippen molar-refractivity contribution in [2.24, 2.45) is 4.99 Å². The van der Waals surface area contributed by atoms with Crippen LogP contribution in [0.25, 0.3) is 27.7 Å². The van der Waals surface area contributed by atoms with E-state index in [4.69, 9.17) is 4.74 Å². The molecule has 2 aromatic carbocycles. The second-order valence-corrected chi connectivity index (χ2v) is 9.11. The molecule has 0 unspecified atom stereocenters. The third-order valence-electron chi connectivity index (χ3n) is 6.20. The highest BCUT2D eigenvalue weighted by molar-refractivity contribution is 6.03. The topological polar surface area (TPSA) is 64.6 Å². The van der Waals surface area contributed by atoms with Crippen LogP contribution in [-0.2, 0) is 23.2 Å². The Morgan fingerprint density at radius 2 is 1.97 bits per heavy atom. The van der Waals surface area contributed by atoms with Crippen molar-refractivity contribution in [3.63, 3.8) is 0 Å². The Labute approximate surface area is 192 Å². The van der Waals surface area contributed by atoms with Crippen molar-refractivity contribution in [2.45, 2.75) is 32.4 Å². The average Bonchev–Trinajstić information content (AvgIpc) is 3.50. The summed E-state index contributed by atoms with van der Waals surface area (Å²) in [4.78, 5) is 4.45. The van der Waals surface area contributed by atoms with Gasteiger partial charge in [-0.25, -0.2) is 4.39 Å². The lowest BCUT2D eigenvalue weighted by atomic mass is 9.85. The Balaban J connectivity index is 1.89. The molecule has 0 aliphatic carbocycles. The van der Waals surface area contributed by atoms with Crippen molar-refractivity contribution in [1.82, 2.24) is 14.3 Å².